The lowest BCUT2D eigenvalue weighted by Crippen LogP contribution is -2.41. The third-order valence-electron chi connectivity index (χ3n) is 4.91. The summed E-state index contributed by atoms with van der Waals surface area (Å²) in [5, 5.41) is 6.88. The number of hydrogen-bond acceptors (Lipinski definition) is 4. The van der Waals surface area contributed by atoms with E-state index in [4.69, 9.17) is 4.74 Å². The number of fused-ring (bicyclic) bond motifs is 1. The molecule has 23 heavy (non-hydrogen) atoms. The third kappa shape index (κ3) is 4.05. The van der Waals surface area contributed by atoms with Gasteiger partial charge in [-0.3, -0.25) is 4.79 Å². The summed E-state index contributed by atoms with van der Waals surface area (Å²) in [4.78, 5) is 12.7. The molecule has 2 atom stereocenters. The predicted molar refractivity (Wildman–Crippen MR) is 93.4 cm³/mol. The maximum absolute atomic E-state index is 12.7. The highest BCUT2D eigenvalue weighted by Gasteiger charge is 2.22. The molecule has 0 aromatic heterocycles. The molecule has 1 heterocycles. The molecule has 4 heteroatoms. The zero-order valence-corrected chi connectivity index (χ0v) is 14.2. The molecule has 1 aliphatic heterocycles. The second-order valence-corrected chi connectivity index (χ2v) is 6.96. The highest BCUT2D eigenvalue weighted by molar-refractivity contribution is 6.01. The van der Waals surface area contributed by atoms with Gasteiger partial charge in [0.2, 0.25) is 0 Å². The molecule has 1 saturated carbocycles. The molecule has 0 radical (unpaired) electrons. The molecule has 126 valence electrons. The number of ketones is 1. The monoisotopic (exact) mass is 316 g/mol. The van der Waals surface area contributed by atoms with Crippen LogP contribution >= 0.6 is 0 Å². The molecular formula is C19H28N2O2. The molecule has 0 spiro atoms. The fourth-order valence-corrected chi connectivity index (χ4v) is 3.56. The van der Waals surface area contributed by atoms with E-state index in [1.807, 2.05) is 32.0 Å². The number of ether oxygens (including phenoxy) is 1. The molecule has 2 aliphatic rings. The topological polar surface area (TPSA) is 50.4 Å². The van der Waals surface area contributed by atoms with Crippen molar-refractivity contribution in [2.45, 2.75) is 70.6 Å². The maximum Gasteiger partial charge on any atom is 0.179 e. The first-order chi connectivity index (χ1) is 11.1. The van der Waals surface area contributed by atoms with E-state index >= 15 is 0 Å². The number of carbonyl (C=O) groups is 1. The van der Waals surface area contributed by atoms with Crippen LogP contribution < -0.4 is 15.4 Å². The number of anilines is 1. The number of hydrogen-bond donors (Lipinski definition) is 2. The van der Waals surface area contributed by atoms with Gasteiger partial charge in [-0.1, -0.05) is 25.7 Å². The van der Waals surface area contributed by atoms with Gasteiger partial charge in [0.25, 0.3) is 0 Å². The van der Waals surface area contributed by atoms with Crippen LogP contribution in [-0.2, 0) is 0 Å². The summed E-state index contributed by atoms with van der Waals surface area (Å²) < 4.78 is 5.77. The summed E-state index contributed by atoms with van der Waals surface area (Å²) in [6, 6.07) is 6.06. The number of nitrogens with one attached hydrogen (secondary N) is 2. The first-order valence-electron chi connectivity index (χ1n) is 8.98. The zero-order chi connectivity index (χ0) is 16.2. The Morgan fingerprint density at radius 3 is 2.74 bits per heavy atom. The van der Waals surface area contributed by atoms with E-state index in [0.717, 1.165) is 23.5 Å². The molecule has 1 aromatic rings. The van der Waals surface area contributed by atoms with Gasteiger partial charge < -0.3 is 15.4 Å². The van der Waals surface area contributed by atoms with Crippen molar-refractivity contribution in [2.75, 3.05) is 11.9 Å². The van der Waals surface area contributed by atoms with E-state index in [9.17, 15) is 4.79 Å². The van der Waals surface area contributed by atoms with Gasteiger partial charge in [-0.05, 0) is 44.9 Å². The molecule has 1 fully saturated rings. The number of Topliss-reactive ketones (excluding diaryl/α,β-unsaturated/α-hetero) is 1. The average molecular weight is 316 g/mol. The molecule has 4 nitrogen and oxygen atoms in total. The van der Waals surface area contributed by atoms with Crippen molar-refractivity contribution in [1.82, 2.24) is 5.32 Å². The van der Waals surface area contributed by atoms with Crippen LogP contribution in [-0.4, -0.2) is 30.5 Å². The van der Waals surface area contributed by atoms with Crippen molar-refractivity contribution in [3.8, 4) is 5.75 Å². The molecule has 1 aromatic carbocycles. The van der Waals surface area contributed by atoms with E-state index in [1.54, 1.807) is 0 Å². The van der Waals surface area contributed by atoms with Gasteiger partial charge in [0.15, 0.2) is 5.78 Å². The smallest absolute Gasteiger partial charge is 0.179 e. The summed E-state index contributed by atoms with van der Waals surface area (Å²) >= 11 is 0. The summed E-state index contributed by atoms with van der Waals surface area (Å²) in [5.41, 5.74) is 1.68. The molecular weight excluding hydrogens is 288 g/mol. The fraction of sp³-hybridized carbons (Fsp3) is 0.632. The first kappa shape index (κ1) is 16.3. The van der Waals surface area contributed by atoms with E-state index in [2.05, 4.69) is 10.6 Å². The van der Waals surface area contributed by atoms with Crippen molar-refractivity contribution >= 4 is 11.5 Å². The van der Waals surface area contributed by atoms with Crippen LogP contribution in [0.4, 0.5) is 5.69 Å². The van der Waals surface area contributed by atoms with Crippen LogP contribution in [0.2, 0.25) is 0 Å². The lowest BCUT2D eigenvalue weighted by Gasteiger charge is -2.26. The van der Waals surface area contributed by atoms with Gasteiger partial charge in [0.05, 0.1) is 18.3 Å². The van der Waals surface area contributed by atoms with Crippen LogP contribution in [0.15, 0.2) is 18.2 Å². The highest BCUT2D eigenvalue weighted by Crippen LogP contribution is 2.30. The number of rotatable bonds is 4. The average Bonchev–Trinajstić information content (AvgIpc) is 2.82. The van der Waals surface area contributed by atoms with Gasteiger partial charge >= 0.3 is 0 Å². The Morgan fingerprint density at radius 1 is 1.26 bits per heavy atom. The Morgan fingerprint density at radius 2 is 2.00 bits per heavy atom. The minimum atomic E-state index is -0.139. The summed E-state index contributed by atoms with van der Waals surface area (Å²) in [7, 11) is 0. The van der Waals surface area contributed by atoms with Crippen LogP contribution in [0.1, 0.15) is 62.7 Å². The Balaban J connectivity index is 1.65. The summed E-state index contributed by atoms with van der Waals surface area (Å²) in [5.74, 6) is 1.00. The van der Waals surface area contributed by atoms with Crippen molar-refractivity contribution < 1.29 is 9.53 Å². The standard InChI is InChI=1S/C19H28N2O2/c1-13-12-20-17-11-15(9-10-18(17)23-13)19(22)14(2)21-16-7-5-3-4-6-8-16/h9-11,13-14,16,20-21H,3-8,12H2,1-2H3. The highest BCUT2D eigenvalue weighted by atomic mass is 16.5. The normalized spacial score (nSPS) is 23.1. The Kier molecular flexibility index (Phi) is 5.21. The minimum Gasteiger partial charge on any atom is -0.487 e. The van der Waals surface area contributed by atoms with E-state index in [-0.39, 0.29) is 17.9 Å². The van der Waals surface area contributed by atoms with Crippen LogP contribution in [0.5, 0.6) is 5.75 Å². The van der Waals surface area contributed by atoms with E-state index in [0.29, 0.717) is 6.04 Å². The van der Waals surface area contributed by atoms with Crippen molar-refractivity contribution in [2.24, 2.45) is 0 Å². The molecule has 1 aliphatic carbocycles. The predicted octanol–water partition coefficient (Wildman–Crippen LogP) is 3.76. The fourth-order valence-electron chi connectivity index (χ4n) is 3.56. The molecule has 3 rings (SSSR count). The lowest BCUT2D eigenvalue weighted by atomic mass is 10.0. The third-order valence-corrected chi connectivity index (χ3v) is 4.91. The minimum absolute atomic E-state index is 0.139. The molecule has 0 amide bonds. The number of carbonyl (C=O) groups excluding carboxylic acids is 1. The van der Waals surface area contributed by atoms with Gasteiger partial charge in [-0.25, -0.2) is 0 Å². The summed E-state index contributed by atoms with van der Waals surface area (Å²) in [6.45, 7) is 4.80. The molecule has 2 N–H and O–H groups in total. The van der Waals surface area contributed by atoms with Gasteiger partial charge in [-0.15, -0.1) is 0 Å². The second-order valence-electron chi connectivity index (χ2n) is 6.96. The Bertz CT molecular complexity index is 550. The summed E-state index contributed by atoms with van der Waals surface area (Å²) in [6.07, 6.45) is 7.75. The Hall–Kier alpha value is -1.55. The largest absolute Gasteiger partial charge is 0.487 e. The number of benzene rings is 1. The lowest BCUT2D eigenvalue weighted by molar-refractivity contribution is 0.0942. The molecule has 2 unspecified atom stereocenters. The Labute approximate surface area is 139 Å². The van der Waals surface area contributed by atoms with Crippen molar-refractivity contribution in [1.29, 1.82) is 0 Å². The SMILES string of the molecule is CC1CNc2cc(C(=O)C(C)NC3CCCCCC3)ccc2O1. The first-order valence-corrected chi connectivity index (χ1v) is 8.98. The van der Waals surface area contributed by atoms with E-state index in [1.165, 1.54) is 38.5 Å². The van der Waals surface area contributed by atoms with Crippen molar-refractivity contribution in [3.05, 3.63) is 23.8 Å². The maximum atomic E-state index is 12.7. The molecule has 0 bridgehead atoms. The quantitative estimate of drug-likeness (QED) is 0.656. The van der Waals surface area contributed by atoms with Gasteiger partial charge in [0.1, 0.15) is 11.9 Å². The van der Waals surface area contributed by atoms with Gasteiger partial charge in [0, 0.05) is 11.6 Å². The van der Waals surface area contributed by atoms with Gasteiger partial charge in [-0.2, -0.15) is 0 Å². The van der Waals surface area contributed by atoms with Crippen LogP contribution in [0.3, 0.4) is 0 Å². The zero-order valence-electron chi connectivity index (χ0n) is 14.2. The molecule has 0 saturated heterocycles. The van der Waals surface area contributed by atoms with E-state index < -0.39 is 0 Å². The van der Waals surface area contributed by atoms with Crippen molar-refractivity contribution in [3.63, 3.8) is 0 Å². The van der Waals surface area contributed by atoms with Crippen LogP contribution in [0, 0.1) is 0 Å². The van der Waals surface area contributed by atoms with Crippen LogP contribution in [0.25, 0.3) is 0 Å². The second kappa shape index (κ2) is 7.35.